The van der Waals surface area contributed by atoms with Crippen molar-refractivity contribution in [2.75, 3.05) is 6.61 Å². The number of hydrogen-bond acceptors (Lipinski definition) is 3. The summed E-state index contributed by atoms with van der Waals surface area (Å²) >= 11 is 0. The van der Waals surface area contributed by atoms with Crippen LogP contribution in [0.2, 0.25) is 18.1 Å². The monoisotopic (exact) mass is 444 g/mol. The summed E-state index contributed by atoms with van der Waals surface area (Å²) < 4.78 is 12.2. The molecule has 1 saturated carbocycles. The Morgan fingerprint density at radius 1 is 1.10 bits per heavy atom. The maximum atomic E-state index is 12.6. The number of benzene rings is 1. The van der Waals surface area contributed by atoms with Gasteiger partial charge in [-0.2, -0.15) is 0 Å². The minimum absolute atomic E-state index is 0.0347. The molecule has 2 rings (SSSR count). The summed E-state index contributed by atoms with van der Waals surface area (Å²) in [6, 6.07) is 10.6. The van der Waals surface area contributed by atoms with E-state index in [0.29, 0.717) is 18.4 Å². The molecule has 1 fully saturated rings. The Hall–Kier alpha value is -1.39. The van der Waals surface area contributed by atoms with Crippen molar-refractivity contribution in [2.45, 2.75) is 96.9 Å². The topological polar surface area (TPSA) is 35.5 Å². The van der Waals surface area contributed by atoms with Crippen LogP contribution in [0.4, 0.5) is 0 Å². The van der Waals surface area contributed by atoms with E-state index in [2.05, 4.69) is 85.0 Å². The second-order valence-corrected chi connectivity index (χ2v) is 16.2. The number of rotatable bonds is 8. The molecule has 1 aliphatic carbocycles. The van der Waals surface area contributed by atoms with Crippen molar-refractivity contribution in [1.29, 1.82) is 0 Å². The van der Waals surface area contributed by atoms with Gasteiger partial charge in [-0.25, -0.2) is 4.79 Å². The van der Waals surface area contributed by atoms with E-state index >= 15 is 0 Å². The normalized spacial score (nSPS) is 23.2. The Labute approximate surface area is 191 Å². The number of esters is 1. The molecule has 31 heavy (non-hydrogen) atoms. The van der Waals surface area contributed by atoms with Crippen LogP contribution in [0.3, 0.4) is 0 Å². The lowest BCUT2D eigenvalue weighted by molar-refractivity contribution is -0.150. The van der Waals surface area contributed by atoms with Crippen molar-refractivity contribution in [2.24, 2.45) is 11.8 Å². The molecule has 1 aromatic rings. The van der Waals surface area contributed by atoms with E-state index in [1.807, 2.05) is 6.08 Å². The number of ether oxygens (including phenoxy) is 1. The molecule has 4 heteroatoms. The summed E-state index contributed by atoms with van der Waals surface area (Å²) in [6.07, 6.45) is 7.41. The molecule has 3 atom stereocenters. The number of carbonyl (C=O) groups is 1. The summed E-state index contributed by atoms with van der Waals surface area (Å²) in [5.74, 6) is 0.688. The summed E-state index contributed by atoms with van der Waals surface area (Å²) in [7, 11) is -1.74. The first kappa shape index (κ1) is 25.9. The van der Waals surface area contributed by atoms with Gasteiger partial charge in [0.1, 0.15) is 6.10 Å². The van der Waals surface area contributed by atoms with E-state index in [9.17, 15) is 4.79 Å². The Kier molecular flexibility index (Phi) is 8.75. The average Bonchev–Trinajstić information content (AvgIpc) is 2.67. The Balaban J connectivity index is 1.95. The van der Waals surface area contributed by atoms with Gasteiger partial charge >= 0.3 is 5.97 Å². The van der Waals surface area contributed by atoms with Gasteiger partial charge in [0.2, 0.25) is 0 Å². The molecule has 0 amide bonds. The molecule has 0 spiro atoms. The standard InChI is InChI=1S/C27H44O3Si/c1-21-17-18-23(27(5,6)22-14-10-9-11-15-22)24(20-21)30-25(28)16-12-13-19-29-31(7,8)26(2,3)4/h9-12,14-16,21,23-24H,13,17-20H2,1-8H3/b16-12+/t21-,23-,24-/m1/s1. The minimum atomic E-state index is -1.74. The molecule has 0 unspecified atom stereocenters. The summed E-state index contributed by atoms with van der Waals surface area (Å²) in [5.41, 5.74) is 1.28. The molecule has 0 aromatic heterocycles. The van der Waals surface area contributed by atoms with Gasteiger partial charge in [-0.05, 0) is 54.3 Å². The third kappa shape index (κ3) is 7.05. The van der Waals surface area contributed by atoms with Crippen molar-refractivity contribution >= 4 is 14.3 Å². The highest BCUT2D eigenvalue weighted by atomic mass is 28.4. The second kappa shape index (κ2) is 10.5. The quantitative estimate of drug-likeness (QED) is 0.183. The molecule has 0 N–H and O–H groups in total. The molecule has 0 saturated heterocycles. The highest BCUT2D eigenvalue weighted by Gasteiger charge is 2.41. The Bertz CT molecular complexity index is 731. The highest BCUT2D eigenvalue weighted by molar-refractivity contribution is 6.74. The van der Waals surface area contributed by atoms with Crippen LogP contribution in [-0.2, 0) is 19.4 Å². The average molecular weight is 445 g/mol. The van der Waals surface area contributed by atoms with E-state index in [-0.39, 0.29) is 22.5 Å². The van der Waals surface area contributed by atoms with E-state index in [1.165, 1.54) is 12.0 Å². The van der Waals surface area contributed by atoms with Crippen molar-refractivity contribution in [3.8, 4) is 0 Å². The lowest BCUT2D eigenvalue weighted by Crippen LogP contribution is -2.43. The highest BCUT2D eigenvalue weighted by Crippen LogP contribution is 2.43. The molecule has 1 aliphatic rings. The van der Waals surface area contributed by atoms with Gasteiger partial charge in [-0.15, -0.1) is 0 Å². The fraction of sp³-hybridized carbons (Fsp3) is 0.667. The van der Waals surface area contributed by atoms with Crippen molar-refractivity contribution < 1.29 is 14.0 Å². The zero-order chi connectivity index (χ0) is 23.3. The maximum Gasteiger partial charge on any atom is 0.330 e. The van der Waals surface area contributed by atoms with Gasteiger partial charge in [0.15, 0.2) is 8.32 Å². The van der Waals surface area contributed by atoms with Crippen LogP contribution in [-0.4, -0.2) is 27.0 Å². The van der Waals surface area contributed by atoms with E-state index < -0.39 is 8.32 Å². The zero-order valence-corrected chi connectivity index (χ0v) is 22.0. The van der Waals surface area contributed by atoms with Crippen LogP contribution in [0.15, 0.2) is 42.5 Å². The van der Waals surface area contributed by atoms with Gasteiger partial charge in [-0.1, -0.05) is 84.4 Å². The number of hydrogen-bond donors (Lipinski definition) is 0. The second-order valence-electron chi connectivity index (χ2n) is 11.4. The Morgan fingerprint density at radius 3 is 2.35 bits per heavy atom. The summed E-state index contributed by atoms with van der Waals surface area (Å²) in [5, 5.41) is 0.202. The first-order valence-electron chi connectivity index (χ1n) is 11.9. The first-order chi connectivity index (χ1) is 14.3. The van der Waals surface area contributed by atoms with Crippen molar-refractivity contribution in [3.63, 3.8) is 0 Å². The predicted molar refractivity (Wildman–Crippen MR) is 133 cm³/mol. The maximum absolute atomic E-state index is 12.6. The van der Waals surface area contributed by atoms with E-state index in [1.54, 1.807) is 6.08 Å². The van der Waals surface area contributed by atoms with Gasteiger partial charge in [0.05, 0.1) is 0 Å². The molecule has 174 valence electrons. The predicted octanol–water partition coefficient (Wildman–Crippen LogP) is 7.28. The van der Waals surface area contributed by atoms with Gasteiger partial charge in [0, 0.05) is 18.6 Å². The SMILES string of the molecule is C[C@@H]1CC[C@@H](C(C)(C)c2ccccc2)[C@H](OC(=O)/C=C/CCO[Si](C)(C)C(C)(C)C)C1. The van der Waals surface area contributed by atoms with Crippen molar-refractivity contribution in [3.05, 3.63) is 48.0 Å². The van der Waals surface area contributed by atoms with Crippen LogP contribution < -0.4 is 0 Å². The summed E-state index contributed by atoms with van der Waals surface area (Å²) in [6.45, 7) is 18.7. The van der Waals surface area contributed by atoms with Crippen molar-refractivity contribution in [1.82, 2.24) is 0 Å². The molecule has 3 nitrogen and oxygen atoms in total. The molecule has 0 aliphatic heterocycles. The zero-order valence-electron chi connectivity index (χ0n) is 21.0. The van der Waals surface area contributed by atoms with Gasteiger partial charge < -0.3 is 9.16 Å². The fourth-order valence-corrected chi connectivity index (χ4v) is 5.39. The molecular formula is C27H44O3Si. The third-order valence-electron chi connectivity index (χ3n) is 7.57. The van der Waals surface area contributed by atoms with Gasteiger partial charge in [0.25, 0.3) is 0 Å². The number of carbonyl (C=O) groups excluding carboxylic acids is 1. The van der Waals surface area contributed by atoms with Gasteiger partial charge in [-0.3, -0.25) is 0 Å². The van der Waals surface area contributed by atoms with E-state index in [4.69, 9.17) is 9.16 Å². The fourth-order valence-electron chi connectivity index (χ4n) is 4.33. The largest absolute Gasteiger partial charge is 0.459 e. The minimum Gasteiger partial charge on any atom is -0.459 e. The smallest absolute Gasteiger partial charge is 0.330 e. The first-order valence-corrected chi connectivity index (χ1v) is 14.8. The van der Waals surface area contributed by atoms with E-state index in [0.717, 1.165) is 19.3 Å². The lowest BCUT2D eigenvalue weighted by Gasteiger charge is -2.43. The van der Waals surface area contributed by atoms with Crippen LogP contribution >= 0.6 is 0 Å². The van der Waals surface area contributed by atoms with Crippen LogP contribution in [0.1, 0.15) is 72.8 Å². The lowest BCUT2D eigenvalue weighted by atomic mass is 9.64. The Morgan fingerprint density at radius 2 is 1.74 bits per heavy atom. The molecule has 0 radical (unpaired) electrons. The van der Waals surface area contributed by atoms with Crippen LogP contribution in [0.5, 0.6) is 0 Å². The molecule has 0 bridgehead atoms. The molecule has 0 heterocycles. The van der Waals surface area contributed by atoms with Crippen LogP contribution in [0, 0.1) is 11.8 Å². The molecule has 1 aromatic carbocycles. The van der Waals surface area contributed by atoms with Crippen LogP contribution in [0.25, 0.3) is 0 Å². The third-order valence-corrected chi connectivity index (χ3v) is 12.1. The summed E-state index contributed by atoms with van der Waals surface area (Å²) in [4.78, 5) is 12.6. The molecular weight excluding hydrogens is 400 g/mol.